The first-order chi connectivity index (χ1) is 10.9. The lowest BCUT2D eigenvalue weighted by Gasteiger charge is -1.89. The summed E-state index contributed by atoms with van der Waals surface area (Å²) in [5.41, 5.74) is 0. The van der Waals surface area contributed by atoms with E-state index < -0.39 is 0 Å². The normalized spacial score (nSPS) is 8.27. The smallest absolute Gasteiger partial charge is 0.241 e. The number of rotatable bonds is 6. The van der Waals surface area contributed by atoms with Gasteiger partial charge in [0.05, 0.1) is 13.1 Å². The number of aromatic amines is 2. The summed E-state index contributed by atoms with van der Waals surface area (Å²) < 4.78 is 4.31. The Bertz CT molecular complexity index is 397. The third kappa shape index (κ3) is 12.4. The van der Waals surface area contributed by atoms with E-state index in [2.05, 4.69) is 45.3 Å². The molecule has 0 spiro atoms. The fraction of sp³-hybridized carbons (Fsp3) is 0.500. The van der Waals surface area contributed by atoms with Crippen molar-refractivity contribution in [2.45, 2.75) is 52.6 Å². The van der Waals surface area contributed by atoms with Crippen molar-refractivity contribution in [3.05, 3.63) is 50.6 Å². The Labute approximate surface area is 133 Å². The van der Waals surface area contributed by atoms with E-state index in [9.17, 15) is 0 Å². The number of aryl methyl sites for hydroxylation is 2. The van der Waals surface area contributed by atoms with Gasteiger partial charge >= 0.3 is 0 Å². The van der Waals surface area contributed by atoms with E-state index in [1.807, 2.05) is 25.0 Å². The minimum absolute atomic E-state index is 1.14. The van der Waals surface area contributed by atoms with Crippen LogP contribution in [0.25, 0.3) is 0 Å². The minimum Gasteiger partial charge on any atom is -0.512 e. The summed E-state index contributed by atoms with van der Waals surface area (Å²) in [7, 11) is 0. The lowest BCUT2D eigenvalue weighted by molar-refractivity contribution is -0.696. The van der Waals surface area contributed by atoms with E-state index in [0.717, 1.165) is 13.1 Å². The van der Waals surface area contributed by atoms with Gasteiger partial charge in [0.15, 0.2) is 0 Å². The summed E-state index contributed by atoms with van der Waals surface area (Å²) in [5.74, 6) is 0. The lowest BCUT2D eigenvalue weighted by Crippen LogP contribution is -2.29. The first-order valence-corrected chi connectivity index (χ1v) is 7.35. The van der Waals surface area contributed by atoms with Gasteiger partial charge in [-0.3, -0.25) is 9.97 Å². The van der Waals surface area contributed by atoms with Crippen molar-refractivity contribution in [1.82, 2.24) is 9.97 Å². The molecule has 0 atom stereocenters. The van der Waals surface area contributed by atoms with Crippen molar-refractivity contribution >= 4 is 0 Å². The zero-order chi connectivity index (χ0) is 17.1. The third-order valence-electron chi connectivity index (χ3n) is 2.74. The second-order valence-electron chi connectivity index (χ2n) is 4.41. The summed E-state index contributed by atoms with van der Waals surface area (Å²) in [6.07, 6.45) is 17.0. The fourth-order valence-corrected chi connectivity index (χ4v) is 1.60. The van der Waals surface area contributed by atoms with Crippen molar-refractivity contribution in [3.63, 3.8) is 0 Å². The van der Waals surface area contributed by atoms with Gasteiger partial charge in [-0.25, -0.2) is 9.13 Å². The Morgan fingerprint density at radius 1 is 0.773 bits per heavy atom. The molecule has 2 aromatic rings. The van der Waals surface area contributed by atoms with Crippen LogP contribution in [0.4, 0.5) is 0 Å². The van der Waals surface area contributed by atoms with Crippen LogP contribution in [0.1, 0.15) is 39.5 Å². The molecule has 0 aliphatic rings. The molecule has 0 bridgehead atoms. The molecule has 6 nitrogen and oxygen atoms in total. The largest absolute Gasteiger partial charge is 0.512 e. The highest BCUT2D eigenvalue weighted by molar-refractivity contribution is 4.55. The van der Waals surface area contributed by atoms with E-state index in [4.69, 9.17) is 23.7 Å². The van der Waals surface area contributed by atoms with Gasteiger partial charge < -0.3 is 23.7 Å². The Morgan fingerprint density at radius 3 is 1.36 bits per heavy atom. The summed E-state index contributed by atoms with van der Waals surface area (Å²) in [5, 5.41) is 12.5. The van der Waals surface area contributed by atoms with Crippen LogP contribution in [0.3, 0.4) is 0 Å². The molecule has 2 rings (SSSR count). The van der Waals surface area contributed by atoms with E-state index in [0.29, 0.717) is 0 Å². The monoisotopic (exact) mass is 302 g/mol. The van der Waals surface area contributed by atoms with E-state index in [-0.39, 0.29) is 0 Å². The van der Waals surface area contributed by atoms with Crippen LogP contribution < -0.4 is 9.13 Å². The molecule has 120 valence electrons. The molecule has 6 heteroatoms. The Kier molecular flexibility index (Phi) is 18.1. The predicted molar refractivity (Wildman–Crippen MR) is 81.7 cm³/mol. The summed E-state index contributed by atoms with van der Waals surface area (Å²) >= 11 is 0. The van der Waals surface area contributed by atoms with Gasteiger partial charge in [0.2, 0.25) is 12.7 Å². The van der Waals surface area contributed by atoms with Gasteiger partial charge in [-0.15, -0.1) is 0 Å². The van der Waals surface area contributed by atoms with Gasteiger partial charge in [-0.1, -0.05) is 26.7 Å². The van der Waals surface area contributed by atoms with Crippen molar-refractivity contribution in [2.75, 3.05) is 0 Å². The highest BCUT2D eigenvalue weighted by Crippen LogP contribution is 1.84. The highest BCUT2D eigenvalue weighted by atomic mass is 15.0. The van der Waals surface area contributed by atoms with Crippen LogP contribution in [0.5, 0.6) is 0 Å². The van der Waals surface area contributed by atoms with Crippen molar-refractivity contribution in [2.24, 2.45) is 0 Å². The standard InChI is InChI=1S/2C7H12N2.2CN/c2*1-2-3-5-9-6-4-8-7-9;2*1-2/h2*4,6-7H,2-3,5H2,1H3;;/q;;2*-1/p+2. The van der Waals surface area contributed by atoms with Gasteiger partial charge in [-0.2, -0.15) is 0 Å². The van der Waals surface area contributed by atoms with Crippen LogP contribution >= 0.6 is 0 Å². The third-order valence-corrected chi connectivity index (χ3v) is 2.74. The molecule has 0 amide bonds. The first-order valence-electron chi connectivity index (χ1n) is 7.35. The topological polar surface area (TPSA) is 86.9 Å². The molecular weight excluding hydrogens is 276 g/mol. The van der Waals surface area contributed by atoms with Gasteiger partial charge in [0.1, 0.15) is 24.8 Å². The van der Waals surface area contributed by atoms with Gasteiger partial charge in [0.25, 0.3) is 0 Å². The average molecular weight is 302 g/mol. The zero-order valence-corrected chi connectivity index (χ0v) is 13.5. The number of nitrogens with zero attached hydrogens (tertiary/aromatic N) is 4. The molecule has 0 fully saturated rings. The maximum atomic E-state index is 6.25. The Hall–Kier alpha value is -2.60. The second kappa shape index (κ2) is 18.4. The molecule has 0 saturated heterocycles. The van der Waals surface area contributed by atoms with E-state index in [1.165, 1.54) is 25.7 Å². The molecule has 2 aromatic heterocycles. The number of unbranched alkanes of at least 4 members (excludes halogenated alkanes) is 2. The molecule has 22 heavy (non-hydrogen) atoms. The molecule has 2 heterocycles. The lowest BCUT2D eigenvalue weighted by atomic mass is 10.3. The number of aromatic nitrogens is 4. The highest BCUT2D eigenvalue weighted by Gasteiger charge is 1.93. The van der Waals surface area contributed by atoms with Crippen LogP contribution in [0.15, 0.2) is 37.4 Å². The molecule has 0 aliphatic heterocycles. The zero-order valence-electron chi connectivity index (χ0n) is 13.5. The van der Waals surface area contributed by atoms with E-state index >= 15 is 0 Å². The fourth-order valence-electron chi connectivity index (χ4n) is 1.60. The molecule has 0 aliphatic carbocycles. The Balaban J connectivity index is 0. The number of nitrogens with one attached hydrogen (secondary N) is 2. The maximum absolute atomic E-state index is 6.25. The molecule has 0 aromatic carbocycles. The van der Waals surface area contributed by atoms with Crippen LogP contribution in [0, 0.1) is 23.7 Å². The van der Waals surface area contributed by atoms with Crippen LogP contribution in [0.2, 0.25) is 0 Å². The molecule has 2 N–H and O–H groups in total. The van der Waals surface area contributed by atoms with Crippen LogP contribution in [-0.4, -0.2) is 9.97 Å². The Morgan fingerprint density at radius 2 is 1.14 bits per heavy atom. The van der Waals surface area contributed by atoms with Crippen LogP contribution in [-0.2, 0) is 13.1 Å². The number of hydrogen-bond donors (Lipinski definition) is 2. The number of hydrogen-bond acceptors (Lipinski definition) is 2. The summed E-state index contributed by atoms with van der Waals surface area (Å²) in [6, 6.07) is 0. The summed E-state index contributed by atoms with van der Waals surface area (Å²) in [6.45, 7) is 16.2. The quantitative estimate of drug-likeness (QED) is 0.634. The number of imidazole rings is 2. The SMILES string of the molecule is CCCC[n+]1cc[nH]c1.CCCC[n+]1cc[nH]c1.[C-]#N.[C-]#N. The first kappa shape index (κ1) is 21.7. The molecule has 0 radical (unpaired) electrons. The predicted octanol–water partition coefficient (Wildman–Crippen LogP) is 2.40. The molecular formula is C16H26N6. The van der Waals surface area contributed by atoms with Gasteiger partial charge in [-0.05, 0) is 12.8 Å². The average Bonchev–Trinajstić information content (AvgIpc) is 3.29. The second-order valence-corrected chi connectivity index (χ2v) is 4.41. The van der Waals surface area contributed by atoms with Crippen molar-refractivity contribution in [1.29, 1.82) is 10.5 Å². The molecule has 0 saturated carbocycles. The van der Waals surface area contributed by atoms with Crippen molar-refractivity contribution < 1.29 is 9.13 Å². The summed E-state index contributed by atoms with van der Waals surface area (Å²) in [4.78, 5) is 6.00. The van der Waals surface area contributed by atoms with Gasteiger partial charge in [0, 0.05) is 0 Å². The van der Waals surface area contributed by atoms with E-state index in [1.54, 1.807) is 0 Å². The number of H-pyrrole nitrogens is 2. The maximum Gasteiger partial charge on any atom is 0.241 e. The van der Waals surface area contributed by atoms with Crippen molar-refractivity contribution in [3.8, 4) is 0 Å². The molecule has 0 unspecified atom stereocenters. The minimum atomic E-state index is 1.14.